The average Bonchev–Trinajstić information content (AvgIpc) is 2.92. The van der Waals surface area contributed by atoms with Crippen molar-refractivity contribution in [3.63, 3.8) is 0 Å². The van der Waals surface area contributed by atoms with Crippen LogP contribution in [0.3, 0.4) is 0 Å². The first-order valence-electron chi connectivity index (χ1n) is 13.1. The Morgan fingerprint density at radius 3 is 2.35 bits per heavy atom. The number of rotatable bonds is 4. The van der Waals surface area contributed by atoms with Gasteiger partial charge in [0.15, 0.2) is 0 Å². The molecule has 0 radical (unpaired) electrons. The molecule has 0 aliphatic carbocycles. The minimum Gasteiger partial charge on any atom is -0.491 e. The van der Waals surface area contributed by atoms with E-state index in [9.17, 15) is 9.59 Å². The molecular weight excluding hydrogens is 528 g/mol. The van der Waals surface area contributed by atoms with Gasteiger partial charge in [0.25, 0.3) is 5.91 Å². The van der Waals surface area contributed by atoms with Crippen LogP contribution >= 0.6 is 15.9 Å². The number of carbonyl (C=O) groups is 2. The molecule has 194 valence electrons. The molecule has 0 spiro atoms. The number of nitrogens with zero attached hydrogens (tertiary/aromatic N) is 2. The minimum atomic E-state index is -0.166. The van der Waals surface area contributed by atoms with Crippen molar-refractivity contribution in [2.75, 3.05) is 26.7 Å². The zero-order chi connectivity index (χ0) is 26.0. The van der Waals surface area contributed by atoms with Gasteiger partial charge < -0.3 is 14.5 Å². The van der Waals surface area contributed by atoms with Crippen molar-refractivity contribution in [3.8, 4) is 5.75 Å². The van der Waals surface area contributed by atoms with Crippen molar-refractivity contribution in [2.45, 2.75) is 44.6 Å². The molecule has 6 heteroatoms. The highest BCUT2D eigenvalue weighted by molar-refractivity contribution is 9.10. The van der Waals surface area contributed by atoms with Crippen molar-refractivity contribution >= 4 is 27.7 Å². The zero-order valence-electron chi connectivity index (χ0n) is 21.4. The Bertz CT molecular complexity index is 1180. The molecule has 37 heavy (non-hydrogen) atoms. The van der Waals surface area contributed by atoms with Gasteiger partial charge >= 0.3 is 0 Å². The van der Waals surface area contributed by atoms with E-state index in [0.29, 0.717) is 43.9 Å². The summed E-state index contributed by atoms with van der Waals surface area (Å²) in [5, 5.41) is 0. The molecule has 1 aliphatic heterocycles. The Morgan fingerprint density at radius 2 is 1.57 bits per heavy atom. The lowest BCUT2D eigenvalue weighted by molar-refractivity contribution is -0.133. The second kappa shape index (κ2) is 13.4. The van der Waals surface area contributed by atoms with E-state index < -0.39 is 0 Å². The Balaban J connectivity index is 1.65. The fourth-order valence-corrected chi connectivity index (χ4v) is 5.23. The number of benzene rings is 3. The monoisotopic (exact) mass is 562 g/mol. The van der Waals surface area contributed by atoms with Crippen molar-refractivity contribution in [1.82, 2.24) is 9.80 Å². The molecule has 1 atom stereocenters. The Hall–Kier alpha value is -3.12. The van der Waals surface area contributed by atoms with E-state index in [1.807, 2.05) is 78.7 Å². The summed E-state index contributed by atoms with van der Waals surface area (Å²) in [6, 6.07) is 25.4. The van der Waals surface area contributed by atoms with E-state index in [-0.39, 0.29) is 17.9 Å². The minimum absolute atomic E-state index is 0.0332. The lowest BCUT2D eigenvalue weighted by Gasteiger charge is -2.33. The lowest BCUT2D eigenvalue weighted by atomic mass is 10.0. The Labute approximate surface area is 228 Å². The highest BCUT2D eigenvalue weighted by atomic mass is 79.9. The van der Waals surface area contributed by atoms with Crippen molar-refractivity contribution in [1.29, 1.82) is 0 Å². The summed E-state index contributed by atoms with van der Waals surface area (Å²) in [5.74, 6) is 0.620. The topological polar surface area (TPSA) is 49.9 Å². The summed E-state index contributed by atoms with van der Waals surface area (Å²) in [4.78, 5) is 30.7. The molecule has 1 aliphatic rings. The predicted octanol–water partition coefficient (Wildman–Crippen LogP) is 6.16. The number of amides is 2. The quantitative estimate of drug-likeness (QED) is 0.382. The van der Waals surface area contributed by atoms with Crippen LogP contribution in [0.5, 0.6) is 5.75 Å². The van der Waals surface area contributed by atoms with Crippen LogP contribution in [0.4, 0.5) is 0 Å². The molecule has 0 saturated heterocycles. The number of ether oxygens (including phenoxy) is 1. The summed E-state index contributed by atoms with van der Waals surface area (Å²) in [5.41, 5.74) is 2.69. The maximum absolute atomic E-state index is 13.8. The molecule has 0 bridgehead atoms. The van der Waals surface area contributed by atoms with E-state index in [4.69, 9.17) is 4.74 Å². The van der Waals surface area contributed by atoms with Gasteiger partial charge in [-0.05, 0) is 48.6 Å². The van der Waals surface area contributed by atoms with Crippen LogP contribution < -0.4 is 4.74 Å². The molecular formula is C31H35BrN2O3. The van der Waals surface area contributed by atoms with Crippen molar-refractivity contribution in [3.05, 3.63) is 100 Å². The maximum Gasteiger partial charge on any atom is 0.257 e. The first-order chi connectivity index (χ1) is 18.0. The second-order valence-electron chi connectivity index (χ2n) is 9.65. The smallest absolute Gasteiger partial charge is 0.257 e. The number of fused-ring (bicyclic) bond motifs is 1. The van der Waals surface area contributed by atoms with Gasteiger partial charge in [-0.15, -0.1) is 0 Å². The molecule has 4 rings (SSSR count). The predicted molar refractivity (Wildman–Crippen MR) is 151 cm³/mol. The Kier molecular flexibility index (Phi) is 9.78. The van der Waals surface area contributed by atoms with E-state index in [1.165, 1.54) is 0 Å². The lowest BCUT2D eigenvalue weighted by Crippen LogP contribution is -2.46. The number of carbonyl (C=O) groups excluding carboxylic acids is 2. The van der Waals surface area contributed by atoms with Crippen LogP contribution in [0, 0.1) is 0 Å². The summed E-state index contributed by atoms with van der Waals surface area (Å²) in [6.45, 7) is 1.69. The van der Waals surface area contributed by atoms with Gasteiger partial charge in [-0.1, -0.05) is 89.4 Å². The third kappa shape index (κ3) is 7.45. The van der Waals surface area contributed by atoms with Crippen LogP contribution in [0.25, 0.3) is 0 Å². The Morgan fingerprint density at radius 1 is 0.892 bits per heavy atom. The normalized spacial score (nSPS) is 17.5. The molecule has 0 aromatic heterocycles. The van der Waals surface area contributed by atoms with Gasteiger partial charge in [0.05, 0.1) is 18.0 Å². The standard InChI is InChI=1S/C31H35BrN2O3/c1-33-19-11-2-3-12-20-34(30(35)22-25-15-7-9-17-28(25)32)26(21-24-13-5-4-6-14-24)23-37-29-18-10-8-16-27(29)31(33)36/h4-10,13-18,26H,2-3,11-12,19-23H2,1H3/t26-/m1/s1. The average molecular weight is 564 g/mol. The largest absolute Gasteiger partial charge is 0.491 e. The second-order valence-corrected chi connectivity index (χ2v) is 10.5. The molecule has 3 aromatic rings. The molecule has 0 N–H and O–H groups in total. The van der Waals surface area contributed by atoms with Crippen LogP contribution in [0.1, 0.15) is 47.2 Å². The van der Waals surface area contributed by atoms with Gasteiger partial charge in [0.1, 0.15) is 12.4 Å². The highest BCUT2D eigenvalue weighted by Gasteiger charge is 2.26. The van der Waals surface area contributed by atoms with Gasteiger partial charge in [-0.2, -0.15) is 0 Å². The maximum atomic E-state index is 13.8. The van der Waals surface area contributed by atoms with Gasteiger partial charge in [0.2, 0.25) is 5.91 Å². The summed E-state index contributed by atoms with van der Waals surface area (Å²) in [7, 11) is 1.85. The van der Waals surface area contributed by atoms with Crippen LogP contribution in [0.15, 0.2) is 83.3 Å². The third-order valence-electron chi connectivity index (χ3n) is 6.91. The van der Waals surface area contributed by atoms with Crippen molar-refractivity contribution in [2.24, 2.45) is 0 Å². The SMILES string of the molecule is CN1CCCCCCN(C(=O)Cc2ccccc2Br)[C@H](Cc2ccccc2)COc2ccccc2C1=O. The first kappa shape index (κ1) is 26.9. The summed E-state index contributed by atoms with van der Waals surface area (Å²) in [6.07, 6.45) is 4.89. The molecule has 0 unspecified atom stereocenters. The summed E-state index contributed by atoms with van der Waals surface area (Å²) >= 11 is 3.60. The number of para-hydroxylation sites is 1. The zero-order valence-corrected chi connectivity index (χ0v) is 23.0. The van der Waals surface area contributed by atoms with E-state index >= 15 is 0 Å². The molecule has 1 heterocycles. The number of halogens is 1. The number of hydrogen-bond acceptors (Lipinski definition) is 3. The fraction of sp³-hybridized carbons (Fsp3) is 0.355. The van der Waals surface area contributed by atoms with Gasteiger partial charge in [-0.25, -0.2) is 0 Å². The van der Waals surface area contributed by atoms with E-state index in [1.54, 1.807) is 4.90 Å². The molecule has 5 nitrogen and oxygen atoms in total. The highest BCUT2D eigenvalue weighted by Crippen LogP contribution is 2.23. The van der Waals surface area contributed by atoms with Gasteiger partial charge in [0, 0.05) is 24.6 Å². The van der Waals surface area contributed by atoms with Crippen molar-refractivity contribution < 1.29 is 14.3 Å². The van der Waals surface area contributed by atoms with Crippen LogP contribution in [-0.2, 0) is 17.6 Å². The van der Waals surface area contributed by atoms with E-state index in [2.05, 4.69) is 28.1 Å². The fourth-order valence-electron chi connectivity index (χ4n) is 4.81. The molecule has 3 aromatic carbocycles. The number of hydrogen-bond donors (Lipinski definition) is 0. The van der Waals surface area contributed by atoms with Gasteiger partial charge in [-0.3, -0.25) is 9.59 Å². The first-order valence-corrected chi connectivity index (χ1v) is 13.9. The molecule has 0 fully saturated rings. The van der Waals surface area contributed by atoms with Crippen LogP contribution in [0.2, 0.25) is 0 Å². The van der Waals surface area contributed by atoms with E-state index in [0.717, 1.165) is 41.3 Å². The molecule has 2 amide bonds. The molecule has 0 saturated carbocycles. The van der Waals surface area contributed by atoms with Crippen LogP contribution in [-0.4, -0.2) is 54.4 Å². The third-order valence-corrected chi connectivity index (χ3v) is 7.69. The summed E-state index contributed by atoms with van der Waals surface area (Å²) < 4.78 is 7.28.